The van der Waals surface area contributed by atoms with E-state index in [1.807, 2.05) is 46.1 Å². The van der Waals surface area contributed by atoms with Gasteiger partial charge in [0.05, 0.1) is 22.9 Å². The predicted molar refractivity (Wildman–Crippen MR) is 174 cm³/mol. The first-order valence-electron chi connectivity index (χ1n) is 15.7. The van der Waals surface area contributed by atoms with Gasteiger partial charge in [-0.25, -0.2) is 9.78 Å². The molecule has 0 aliphatic carbocycles. The molecular formula is C33H55NO6SSi. The molecule has 42 heavy (non-hydrogen) atoms. The number of ether oxygens (including phenoxy) is 1. The second kappa shape index (κ2) is 16.4. The summed E-state index contributed by atoms with van der Waals surface area (Å²) in [5.41, 5.74) is 0.632. The number of nitrogens with zero attached hydrogens (tertiary/aromatic N) is 1. The van der Waals surface area contributed by atoms with Crippen molar-refractivity contribution >= 4 is 37.5 Å². The van der Waals surface area contributed by atoms with Crippen LogP contribution in [0.25, 0.3) is 6.08 Å². The van der Waals surface area contributed by atoms with Gasteiger partial charge < -0.3 is 19.4 Å². The Balaban J connectivity index is 2.47. The Kier molecular flexibility index (Phi) is 14.3. The summed E-state index contributed by atoms with van der Waals surface area (Å²) in [6.07, 6.45) is 5.43. The predicted octanol–water partition coefficient (Wildman–Crippen LogP) is 7.12. The van der Waals surface area contributed by atoms with Gasteiger partial charge >= 0.3 is 5.97 Å². The first-order valence-corrected chi connectivity index (χ1v) is 19.1. The third-order valence-corrected chi connectivity index (χ3v) is 14.7. The molecule has 2 N–H and O–H groups in total. The number of aliphatic hydroxyl groups excluding tert-OH is 2. The average Bonchev–Trinajstić information content (AvgIpc) is 3.37. The van der Waals surface area contributed by atoms with Gasteiger partial charge in [0.25, 0.3) is 0 Å². The van der Waals surface area contributed by atoms with Crippen LogP contribution in [-0.4, -0.2) is 60.2 Å². The third-order valence-electron chi connectivity index (χ3n) is 9.30. The van der Waals surface area contributed by atoms with E-state index in [2.05, 4.69) is 32.7 Å². The van der Waals surface area contributed by atoms with Crippen molar-refractivity contribution in [2.75, 3.05) is 6.61 Å². The maximum Gasteiger partial charge on any atom is 0.331 e. The van der Waals surface area contributed by atoms with Gasteiger partial charge in [0.15, 0.2) is 8.32 Å². The van der Waals surface area contributed by atoms with Gasteiger partial charge in [0, 0.05) is 41.7 Å². The molecule has 238 valence electrons. The molecule has 2 rings (SSSR count). The van der Waals surface area contributed by atoms with E-state index in [1.165, 1.54) is 17.4 Å². The van der Waals surface area contributed by atoms with Crippen molar-refractivity contribution in [3.63, 3.8) is 0 Å². The van der Waals surface area contributed by atoms with Gasteiger partial charge in [-0.05, 0) is 76.2 Å². The summed E-state index contributed by atoms with van der Waals surface area (Å²) < 4.78 is 12.9. The van der Waals surface area contributed by atoms with Crippen molar-refractivity contribution < 1.29 is 29.0 Å². The van der Waals surface area contributed by atoms with Crippen molar-refractivity contribution in [3.8, 4) is 0 Å². The lowest BCUT2D eigenvalue weighted by molar-refractivity contribution is -0.143. The molecule has 1 aliphatic heterocycles. The van der Waals surface area contributed by atoms with E-state index in [0.717, 1.165) is 47.2 Å². The van der Waals surface area contributed by atoms with Crippen LogP contribution in [0.1, 0.15) is 91.8 Å². The Labute approximate surface area is 258 Å². The molecule has 0 fully saturated rings. The summed E-state index contributed by atoms with van der Waals surface area (Å²) >= 11 is 1.54. The highest BCUT2D eigenvalue weighted by Gasteiger charge is 2.41. The molecule has 6 atom stereocenters. The molecular weight excluding hydrogens is 567 g/mol. The number of allylic oxidation sites excluding steroid dienone is 1. The number of aromatic nitrogens is 1. The van der Waals surface area contributed by atoms with E-state index < -0.39 is 31.9 Å². The van der Waals surface area contributed by atoms with Crippen LogP contribution < -0.4 is 0 Å². The Morgan fingerprint density at radius 3 is 2.38 bits per heavy atom. The fourth-order valence-corrected chi connectivity index (χ4v) is 9.64. The lowest BCUT2D eigenvalue weighted by atomic mass is 9.76. The maximum absolute atomic E-state index is 13.9. The molecule has 1 aromatic heterocycles. The van der Waals surface area contributed by atoms with E-state index >= 15 is 0 Å². The molecule has 0 radical (unpaired) electrons. The van der Waals surface area contributed by atoms with Crippen molar-refractivity contribution in [3.05, 3.63) is 33.8 Å². The van der Waals surface area contributed by atoms with E-state index in [0.29, 0.717) is 6.42 Å². The zero-order chi connectivity index (χ0) is 31.7. The van der Waals surface area contributed by atoms with E-state index in [-0.39, 0.29) is 42.7 Å². The van der Waals surface area contributed by atoms with Crippen LogP contribution in [0.4, 0.5) is 0 Å². The molecule has 1 aromatic rings. The lowest BCUT2D eigenvalue weighted by Gasteiger charge is -2.40. The first kappa shape index (κ1) is 36.5. The average molecular weight is 622 g/mol. The smallest absolute Gasteiger partial charge is 0.331 e. The molecule has 1 aliphatic rings. The third kappa shape index (κ3) is 9.94. The first-order chi connectivity index (χ1) is 19.7. The molecule has 0 bridgehead atoms. The van der Waals surface area contributed by atoms with Crippen LogP contribution in [0.2, 0.25) is 18.1 Å². The van der Waals surface area contributed by atoms with Crippen LogP contribution in [0, 0.1) is 30.1 Å². The van der Waals surface area contributed by atoms with Crippen molar-refractivity contribution in [2.24, 2.45) is 23.2 Å². The second-order valence-corrected chi connectivity index (χ2v) is 18.6. The summed E-state index contributed by atoms with van der Waals surface area (Å²) in [5.74, 6) is -1.14. The highest BCUT2D eigenvalue weighted by atomic mass is 32.1. The number of thiazole rings is 1. The summed E-state index contributed by atoms with van der Waals surface area (Å²) in [5, 5.41) is 24.3. The van der Waals surface area contributed by atoms with Crippen LogP contribution in [-0.2, 0) is 18.8 Å². The summed E-state index contributed by atoms with van der Waals surface area (Å²) in [7, 11) is -2.01. The number of hydrogen-bond acceptors (Lipinski definition) is 8. The summed E-state index contributed by atoms with van der Waals surface area (Å²) in [4.78, 5) is 31.5. The van der Waals surface area contributed by atoms with Gasteiger partial charge in [0.2, 0.25) is 0 Å². The molecule has 0 saturated heterocycles. The molecule has 0 aromatic carbocycles. The minimum Gasteiger partial charge on any atom is -0.455 e. The topological polar surface area (TPSA) is 106 Å². The molecule has 7 nitrogen and oxygen atoms in total. The lowest BCUT2D eigenvalue weighted by Crippen LogP contribution is -2.48. The number of ketones is 1. The maximum atomic E-state index is 13.9. The van der Waals surface area contributed by atoms with E-state index in [4.69, 9.17) is 9.16 Å². The number of Topliss-reactive ketones (excluding diaryl/α,β-unsaturated/α-hetero) is 1. The standard InChI is InChI=1S/C33H55NO6SSi/c1-10-42(11-2,12-3)40-31-22(4)14-13-15-26(20-35)28(36)19-29(23(5)18-27-21-41-25(7)34-27)39-30(37)16-17-33(8,9)32(38)24(31)6/h16-18,21-22,24,26,28-29,31,35-36H,10-15,19-20H2,1-9H3/b17-16+,23-18?/t22-,24+,26?,28-,29-,31-/m0/s1. The Morgan fingerprint density at radius 2 is 1.83 bits per heavy atom. The minimum atomic E-state index is -2.01. The second-order valence-electron chi connectivity index (χ2n) is 12.8. The number of aryl methyl sites for hydroxylation is 1. The quantitative estimate of drug-likeness (QED) is 0.235. The largest absolute Gasteiger partial charge is 0.455 e. The highest BCUT2D eigenvalue weighted by Crippen LogP contribution is 2.35. The monoisotopic (exact) mass is 621 g/mol. The zero-order valence-electron chi connectivity index (χ0n) is 27.3. The number of carbonyl (C=O) groups is 2. The molecule has 0 spiro atoms. The number of rotatable bonds is 8. The Morgan fingerprint density at radius 1 is 1.19 bits per heavy atom. The summed E-state index contributed by atoms with van der Waals surface area (Å²) in [6, 6.07) is 2.99. The Hall–Kier alpha value is -1.65. The SMILES string of the molecule is CC[Si](CC)(CC)O[C@H]1[C@@H](C)CCCC(CO)[C@@H](O)C[C@@H](C(C)=Cc2csc(C)n2)OC(=O)/C=C/C(C)(C)C(=O)[C@@H]1C. The van der Waals surface area contributed by atoms with Crippen molar-refractivity contribution in [1.29, 1.82) is 0 Å². The molecule has 1 unspecified atom stereocenters. The van der Waals surface area contributed by atoms with Crippen LogP contribution >= 0.6 is 11.3 Å². The van der Waals surface area contributed by atoms with Crippen molar-refractivity contribution in [2.45, 2.75) is 124 Å². The fourth-order valence-electron chi connectivity index (χ4n) is 6.06. The zero-order valence-corrected chi connectivity index (χ0v) is 29.1. The Bertz CT molecular complexity index is 1070. The van der Waals surface area contributed by atoms with Crippen molar-refractivity contribution in [1.82, 2.24) is 4.98 Å². The van der Waals surface area contributed by atoms with Gasteiger partial charge in [-0.2, -0.15) is 0 Å². The van der Waals surface area contributed by atoms with Crippen LogP contribution in [0.15, 0.2) is 23.1 Å². The number of carbonyl (C=O) groups excluding carboxylic acids is 2. The van der Waals surface area contributed by atoms with Gasteiger partial charge in [-0.1, -0.05) is 47.1 Å². The van der Waals surface area contributed by atoms with E-state index in [9.17, 15) is 19.8 Å². The van der Waals surface area contributed by atoms with Gasteiger partial charge in [-0.3, -0.25) is 4.79 Å². The fraction of sp³-hybridized carbons (Fsp3) is 0.727. The van der Waals surface area contributed by atoms with Crippen LogP contribution in [0.3, 0.4) is 0 Å². The minimum absolute atomic E-state index is 0.0388. The molecule has 2 heterocycles. The number of aliphatic hydroxyl groups is 2. The van der Waals surface area contributed by atoms with E-state index in [1.54, 1.807) is 6.08 Å². The number of hydrogen-bond donors (Lipinski definition) is 2. The van der Waals surface area contributed by atoms with Gasteiger partial charge in [-0.15, -0.1) is 11.3 Å². The highest BCUT2D eigenvalue weighted by molar-refractivity contribution is 7.09. The molecule has 0 amide bonds. The number of esters is 1. The molecule has 9 heteroatoms. The number of cyclic esters (lactones) is 1. The van der Waals surface area contributed by atoms with Crippen LogP contribution in [0.5, 0.6) is 0 Å². The summed E-state index contributed by atoms with van der Waals surface area (Å²) in [6.45, 7) is 18.0. The van der Waals surface area contributed by atoms with Gasteiger partial charge in [0.1, 0.15) is 11.9 Å². The normalized spacial score (nSPS) is 29.7. The molecule has 0 saturated carbocycles.